The second-order valence-electron chi connectivity index (χ2n) is 6.37. The van der Waals surface area contributed by atoms with Gasteiger partial charge in [-0.2, -0.15) is 10.1 Å². The van der Waals surface area contributed by atoms with Crippen LogP contribution in [0.5, 0.6) is 0 Å². The minimum absolute atomic E-state index is 0.185. The molecular weight excluding hydrogens is 298 g/mol. The Hall–Kier alpha value is -2.82. The Morgan fingerprint density at radius 1 is 1.00 bits per heavy atom. The molecule has 0 radical (unpaired) electrons. The lowest BCUT2D eigenvalue weighted by Crippen LogP contribution is -2.28. The standard InChI is InChI=1S/C19H21N5/c1-23(2)16-10-8-15(9-11-16)18-12-17(14-6-4-3-5-7-14)22-19-20-13-21-24(18)19/h3-11,13,17-18H,12H2,1-2H3,(H,20,21,22)/t17-,18-/m1/s1. The minimum atomic E-state index is 0.185. The van der Waals surface area contributed by atoms with Gasteiger partial charge < -0.3 is 10.2 Å². The Morgan fingerprint density at radius 3 is 2.46 bits per heavy atom. The molecule has 1 aliphatic heterocycles. The van der Waals surface area contributed by atoms with Crippen molar-refractivity contribution in [2.24, 2.45) is 0 Å². The lowest BCUT2D eigenvalue weighted by molar-refractivity contribution is 0.431. The largest absolute Gasteiger partial charge is 0.378 e. The van der Waals surface area contributed by atoms with Gasteiger partial charge in [0.25, 0.3) is 0 Å². The molecule has 0 spiro atoms. The van der Waals surface area contributed by atoms with Crippen LogP contribution in [0.15, 0.2) is 60.9 Å². The fourth-order valence-electron chi connectivity index (χ4n) is 3.30. The lowest BCUT2D eigenvalue weighted by Gasteiger charge is -2.32. The second kappa shape index (κ2) is 6.00. The van der Waals surface area contributed by atoms with E-state index in [0.29, 0.717) is 0 Å². The Morgan fingerprint density at radius 2 is 1.75 bits per heavy atom. The number of benzene rings is 2. The number of aromatic nitrogens is 3. The highest BCUT2D eigenvalue weighted by atomic mass is 15.4. The first kappa shape index (κ1) is 14.8. The Labute approximate surface area is 142 Å². The van der Waals surface area contributed by atoms with Crippen molar-refractivity contribution in [3.63, 3.8) is 0 Å². The van der Waals surface area contributed by atoms with Crippen molar-refractivity contribution in [1.82, 2.24) is 14.8 Å². The number of anilines is 2. The van der Waals surface area contributed by atoms with Gasteiger partial charge in [-0.05, 0) is 29.7 Å². The van der Waals surface area contributed by atoms with Crippen LogP contribution in [0.3, 0.4) is 0 Å². The van der Waals surface area contributed by atoms with Crippen LogP contribution >= 0.6 is 0 Å². The predicted molar refractivity (Wildman–Crippen MR) is 96.4 cm³/mol. The van der Waals surface area contributed by atoms with Gasteiger partial charge in [-0.3, -0.25) is 0 Å². The van der Waals surface area contributed by atoms with Crippen LogP contribution in [0.4, 0.5) is 11.6 Å². The minimum Gasteiger partial charge on any atom is -0.378 e. The van der Waals surface area contributed by atoms with Gasteiger partial charge in [0.2, 0.25) is 5.95 Å². The van der Waals surface area contributed by atoms with E-state index >= 15 is 0 Å². The molecule has 0 aliphatic carbocycles. The highest BCUT2D eigenvalue weighted by Gasteiger charge is 2.29. The molecule has 24 heavy (non-hydrogen) atoms. The number of nitrogens with zero attached hydrogens (tertiary/aromatic N) is 4. The van der Waals surface area contributed by atoms with E-state index in [2.05, 4.69) is 82.9 Å². The molecule has 1 aromatic heterocycles. The number of hydrogen-bond acceptors (Lipinski definition) is 4. The molecule has 2 aromatic carbocycles. The van der Waals surface area contributed by atoms with E-state index in [1.807, 2.05) is 10.7 Å². The SMILES string of the molecule is CN(C)c1ccc([C@H]2C[C@H](c3ccccc3)Nc3ncnn32)cc1. The Kier molecular flexibility index (Phi) is 3.69. The first-order valence-corrected chi connectivity index (χ1v) is 8.20. The molecule has 0 fully saturated rings. The first-order valence-electron chi connectivity index (χ1n) is 8.20. The molecule has 0 saturated carbocycles. The summed E-state index contributed by atoms with van der Waals surface area (Å²) >= 11 is 0. The molecule has 2 atom stereocenters. The fraction of sp³-hybridized carbons (Fsp3) is 0.263. The van der Waals surface area contributed by atoms with Crippen molar-refractivity contribution in [1.29, 1.82) is 0 Å². The van der Waals surface area contributed by atoms with E-state index in [-0.39, 0.29) is 12.1 Å². The van der Waals surface area contributed by atoms with E-state index in [1.165, 1.54) is 16.8 Å². The zero-order chi connectivity index (χ0) is 16.5. The summed E-state index contributed by atoms with van der Waals surface area (Å²) in [5.41, 5.74) is 3.74. The molecular formula is C19H21N5. The average Bonchev–Trinajstić information content (AvgIpc) is 3.10. The van der Waals surface area contributed by atoms with Crippen molar-refractivity contribution in [3.8, 4) is 0 Å². The lowest BCUT2D eigenvalue weighted by atomic mass is 9.93. The highest BCUT2D eigenvalue weighted by molar-refractivity contribution is 5.47. The third kappa shape index (κ3) is 2.62. The maximum Gasteiger partial charge on any atom is 0.222 e. The topological polar surface area (TPSA) is 46.0 Å². The number of hydrogen-bond donors (Lipinski definition) is 1. The maximum absolute atomic E-state index is 4.43. The summed E-state index contributed by atoms with van der Waals surface area (Å²) in [5.74, 6) is 0.830. The van der Waals surface area contributed by atoms with Crippen molar-refractivity contribution in [3.05, 3.63) is 72.1 Å². The van der Waals surface area contributed by atoms with Crippen LogP contribution in [0.2, 0.25) is 0 Å². The molecule has 2 heterocycles. The molecule has 0 unspecified atom stereocenters. The highest BCUT2D eigenvalue weighted by Crippen LogP contribution is 2.37. The van der Waals surface area contributed by atoms with E-state index < -0.39 is 0 Å². The van der Waals surface area contributed by atoms with Gasteiger partial charge in [0.05, 0.1) is 12.1 Å². The molecule has 4 rings (SSSR count). The van der Waals surface area contributed by atoms with Crippen molar-refractivity contribution >= 4 is 11.6 Å². The summed E-state index contributed by atoms with van der Waals surface area (Å²) in [6.07, 6.45) is 2.57. The maximum atomic E-state index is 4.43. The van der Waals surface area contributed by atoms with Gasteiger partial charge in [0, 0.05) is 19.8 Å². The predicted octanol–water partition coefficient (Wildman–Crippen LogP) is 3.49. The normalized spacial score (nSPS) is 19.4. The van der Waals surface area contributed by atoms with Gasteiger partial charge in [-0.1, -0.05) is 42.5 Å². The van der Waals surface area contributed by atoms with E-state index in [4.69, 9.17) is 0 Å². The monoisotopic (exact) mass is 319 g/mol. The van der Waals surface area contributed by atoms with E-state index in [9.17, 15) is 0 Å². The second-order valence-corrected chi connectivity index (χ2v) is 6.37. The van der Waals surface area contributed by atoms with E-state index in [1.54, 1.807) is 6.33 Å². The zero-order valence-electron chi connectivity index (χ0n) is 13.9. The average molecular weight is 319 g/mol. The third-order valence-corrected chi connectivity index (χ3v) is 4.63. The fourth-order valence-corrected chi connectivity index (χ4v) is 3.30. The number of nitrogens with one attached hydrogen (secondary N) is 1. The van der Waals surface area contributed by atoms with Crippen molar-refractivity contribution < 1.29 is 0 Å². The van der Waals surface area contributed by atoms with Crippen LogP contribution in [-0.4, -0.2) is 28.9 Å². The van der Waals surface area contributed by atoms with E-state index in [0.717, 1.165) is 12.4 Å². The summed E-state index contributed by atoms with van der Waals surface area (Å²) < 4.78 is 1.99. The molecule has 1 aliphatic rings. The Bertz CT molecular complexity index is 807. The summed E-state index contributed by atoms with van der Waals surface area (Å²) in [6, 6.07) is 19.7. The third-order valence-electron chi connectivity index (χ3n) is 4.63. The van der Waals surface area contributed by atoms with Crippen LogP contribution in [0.1, 0.15) is 29.6 Å². The van der Waals surface area contributed by atoms with Crippen molar-refractivity contribution in [2.45, 2.75) is 18.5 Å². The summed E-state index contributed by atoms with van der Waals surface area (Å²) in [7, 11) is 4.11. The van der Waals surface area contributed by atoms with Gasteiger partial charge in [0.15, 0.2) is 0 Å². The summed E-state index contributed by atoms with van der Waals surface area (Å²) in [4.78, 5) is 6.50. The quantitative estimate of drug-likeness (QED) is 0.803. The molecule has 5 nitrogen and oxygen atoms in total. The molecule has 0 bridgehead atoms. The van der Waals surface area contributed by atoms with Crippen LogP contribution in [0, 0.1) is 0 Å². The molecule has 122 valence electrons. The summed E-state index contributed by atoms with van der Waals surface area (Å²) in [5, 5.41) is 7.94. The Balaban J connectivity index is 1.69. The molecule has 1 N–H and O–H groups in total. The van der Waals surface area contributed by atoms with Crippen molar-refractivity contribution in [2.75, 3.05) is 24.3 Å². The molecule has 0 amide bonds. The van der Waals surface area contributed by atoms with Gasteiger partial charge in [0.1, 0.15) is 6.33 Å². The molecule has 3 aromatic rings. The summed E-state index contributed by atoms with van der Waals surface area (Å²) in [6.45, 7) is 0. The van der Waals surface area contributed by atoms with Crippen LogP contribution in [0.25, 0.3) is 0 Å². The smallest absolute Gasteiger partial charge is 0.222 e. The van der Waals surface area contributed by atoms with Gasteiger partial charge in [-0.15, -0.1) is 0 Å². The van der Waals surface area contributed by atoms with Crippen LogP contribution in [-0.2, 0) is 0 Å². The van der Waals surface area contributed by atoms with Gasteiger partial charge in [-0.25, -0.2) is 4.68 Å². The zero-order valence-corrected chi connectivity index (χ0v) is 13.9. The van der Waals surface area contributed by atoms with Crippen LogP contribution < -0.4 is 10.2 Å². The first-order chi connectivity index (χ1) is 11.7. The molecule has 0 saturated heterocycles. The van der Waals surface area contributed by atoms with Gasteiger partial charge >= 0.3 is 0 Å². The number of rotatable bonds is 3. The number of fused-ring (bicyclic) bond motifs is 1. The molecule has 5 heteroatoms.